The number of aryl methyl sites for hydroxylation is 2. The number of para-hydroxylation sites is 2. The highest BCUT2D eigenvalue weighted by molar-refractivity contribution is 6.02. The minimum Gasteiger partial charge on any atom is -0.356 e. The Labute approximate surface area is 214 Å². The standard InChI is InChI=1S/C30H24N6O/c1(7-15-35-21-33-27-19-31-25-13-5-3-11-23(25)29(27)35)9-17-37-18-10-2-8-16-36-22-34-28-20-32-26-14-6-4-12-24(26)30(28)36/h3-6,11-14,19-22H,7-8,15-18H2. The zero-order valence-corrected chi connectivity index (χ0v) is 20.3. The third-order valence-electron chi connectivity index (χ3n) is 6.26. The van der Waals surface area contributed by atoms with E-state index < -0.39 is 0 Å². The molecule has 2 aromatic carbocycles. The van der Waals surface area contributed by atoms with E-state index in [1.807, 2.05) is 61.4 Å². The Morgan fingerprint density at radius 3 is 1.57 bits per heavy atom. The lowest BCUT2D eigenvalue weighted by atomic mass is 10.2. The van der Waals surface area contributed by atoms with Gasteiger partial charge in [-0.15, -0.1) is 0 Å². The van der Waals surface area contributed by atoms with Crippen LogP contribution in [0.2, 0.25) is 0 Å². The lowest BCUT2D eigenvalue weighted by Gasteiger charge is -2.04. The molecular formula is C30H24N6O. The van der Waals surface area contributed by atoms with Crippen LogP contribution in [-0.4, -0.2) is 42.3 Å². The summed E-state index contributed by atoms with van der Waals surface area (Å²) < 4.78 is 9.85. The molecule has 7 nitrogen and oxygen atoms in total. The highest BCUT2D eigenvalue weighted by Gasteiger charge is 2.08. The average molecular weight is 485 g/mol. The topological polar surface area (TPSA) is 70.7 Å². The summed E-state index contributed by atoms with van der Waals surface area (Å²) in [6.45, 7) is 2.28. The first kappa shape index (κ1) is 22.7. The molecule has 180 valence electrons. The largest absolute Gasteiger partial charge is 0.356 e. The van der Waals surface area contributed by atoms with Gasteiger partial charge in [0.25, 0.3) is 0 Å². The van der Waals surface area contributed by atoms with Crippen LogP contribution in [0.1, 0.15) is 12.8 Å². The molecule has 0 aliphatic carbocycles. The molecule has 0 amide bonds. The van der Waals surface area contributed by atoms with Gasteiger partial charge < -0.3 is 13.9 Å². The molecule has 0 aliphatic heterocycles. The Balaban J connectivity index is 0.969. The molecule has 0 saturated carbocycles. The van der Waals surface area contributed by atoms with Crippen LogP contribution in [0.3, 0.4) is 0 Å². The van der Waals surface area contributed by atoms with Crippen molar-refractivity contribution >= 4 is 43.9 Å². The van der Waals surface area contributed by atoms with E-state index in [1.165, 1.54) is 0 Å². The predicted molar refractivity (Wildman–Crippen MR) is 146 cm³/mol. The number of hydrogen-bond acceptors (Lipinski definition) is 5. The highest BCUT2D eigenvalue weighted by atomic mass is 16.5. The van der Waals surface area contributed by atoms with Crippen LogP contribution in [0.15, 0.2) is 73.6 Å². The van der Waals surface area contributed by atoms with E-state index in [4.69, 9.17) is 4.74 Å². The summed E-state index contributed by atoms with van der Waals surface area (Å²) >= 11 is 0. The van der Waals surface area contributed by atoms with E-state index in [-0.39, 0.29) is 0 Å². The monoisotopic (exact) mass is 484 g/mol. The molecule has 4 aromatic heterocycles. The Hall–Kier alpha value is -4.72. The second-order valence-corrected chi connectivity index (χ2v) is 8.59. The minimum absolute atomic E-state index is 0.372. The summed E-state index contributed by atoms with van der Waals surface area (Å²) in [5.74, 6) is 12.5. The Morgan fingerprint density at radius 1 is 0.568 bits per heavy atom. The molecule has 0 N–H and O–H groups in total. The van der Waals surface area contributed by atoms with Gasteiger partial charge >= 0.3 is 0 Å². The van der Waals surface area contributed by atoms with Gasteiger partial charge in [-0.3, -0.25) is 9.97 Å². The number of pyridine rings is 2. The van der Waals surface area contributed by atoms with E-state index in [2.05, 4.69) is 64.9 Å². The van der Waals surface area contributed by atoms with Crippen molar-refractivity contribution in [2.24, 2.45) is 0 Å². The second-order valence-electron chi connectivity index (χ2n) is 8.59. The van der Waals surface area contributed by atoms with Gasteiger partial charge in [0.05, 0.1) is 47.1 Å². The lowest BCUT2D eigenvalue weighted by molar-refractivity contribution is 0.204. The Kier molecular flexibility index (Phi) is 6.44. The number of aromatic nitrogens is 6. The SMILES string of the molecule is C(#CCOCC#CCCn1cnc2cnc3ccccc3c21)CCn1cnc2cnc3ccccc3c21. The molecular weight excluding hydrogens is 460 g/mol. The molecule has 0 saturated heterocycles. The molecule has 0 bridgehead atoms. The second kappa shape index (κ2) is 10.5. The predicted octanol–water partition coefficient (Wildman–Crippen LogP) is 4.99. The molecule has 0 aliphatic rings. The quantitative estimate of drug-likeness (QED) is 0.246. The van der Waals surface area contributed by atoms with Crippen molar-refractivity contribution in [3.05, 3.63) is 73.6 Å². The van der Waals surface area contributed by atoms with Crippen molar-refractivity contribution in [3.8, 4) is 23.7 Å². The van der Waals surface area contributed by atoms with Crippen LogP contribution in [-0.2, 0) is 17.8 Å². The van der Waals surface area contributed by atoms with Crippen LogP contribution in [0.25, 0.3) is 43.9 Å². The van der Waals surface area contributed by atoms with E-state index in [0.29, 0.717) is 13.2 Å². The van der Waals surface area contributed by atoms with Crippen LogP contribution in [0.4, 0.5) is 0 Å². The molecule has 0 atom stereocenters. The number of benzene rings is 2. The molecule has 7 heteroatoms. The minimum atomic E-state index is 0.372. The van der Waals surface area contributed by atoms with Gasteiger partial charge in [-0.25, -0.2) is 9.97 Å². The van der Waals surface area contributed by atoms with Crippen molar-refractivity contribution in [2.45, 2.75) is 25.9 Å². The third kappa shape index (κ3) is 4.73. The number of imidazole rings is 2. The molecule has 37 heavy (non-hydrogen) atoms. The smallest absolute Gasteiger partial charge is 0.109 e. The molecule has 6 rings (SSSR count). The number of hydrogen-bond donors (Lipinski definition) is 0. The van der Waals surface area contributed by atoms with Crippen LogP contribution >= 0.6 is 0 Å². The summed E-state index contributed by atoms with van der Waals surface area (Å²) in [7, 11) is 0. The lowest BCUT2D eigenvalue weighted by Crippen LogP contribution is -1.97. The molecule has 0 radical (unpaired) electrons. The van der Waals surface area contributed by atoms with Crippen molar-refractivity contribution in [1.29, 1.82) is 0 Å². The van der Waals surface area contributed by atoms with Gasteiger partial charge in [-0.1, -0.05) is 60.1 Å². The molecule has 0 spiro atoms. The number of fused-ring (bicyclic) bond motifs is 6. The highest BCUT2D eigenvalue weighted by Crippen LogP contribution is 2.23. The van der Waals surface area contributed by atoms with E-state index in [0.717, 1.165) is 69.8 Å². The number of nitrogens with zero attached hydrogens (tertiary/aromatic N) is 6. The fraction of sp³-hybridized carbons (Fsp3) is 0.200. The third-order valence-corrected chi connectivity index (χ3v) is 6.26. The van der Waals surface area contributed by atoms with Crippen LogP contribution in [0.5, 0.6) is 0 Å². The summed E-state index contributed by atoms with van der Waals surface area (Å²) in [6.07, 6.45) is 8.81. The summed E-state index contributed by atoms with van der Waals surface area (Å²) in [5.41, 5.74) is 5.96. The van der Waals surface area contributed by atoms with Crippen molar-refractivity contribution in [2.75, 3.05) is 13.2 Å². The van der Waals surface area contributed by atoms with E-state index in [1.54, 1.807) is 0 Å². The maximum absolute atomic E-state index is 5.56. The first-order valence-corrected chi connectivity index (χ1v) is 12.2. The zero-order valence-electron chi connectivity index (χ0n) is 20.3. The van der Waals surface area contributed by atoms with Gasteiger partial charge in [-0.05, 0) is 12.1 Å². The van der Waals surface area contributed by atoms with Gasteiger partial charge in [-0.2, -0.15) is 0 Å². The molecule has 0 fully saturated rings. The summed E-state index contributed by atoms with van der Waals surface area (Å²) in [5, 5.41) is 2.22. The van der Waals surface area contributed by atoms with Crippen molar-refractivity contribution < 1.29 is 4.74 Å². The number of rotatable bonds is 6. The fourth-order valence-electron chi connectivity index (χ4n) is 4.53. The molecule has 6 aromatic rings. The van der Waals surface area contributed by atoms with E-state index >= 15 is 0 Å². The Morgan fingerprint density at radius 2 is 1.05 bits per heavy atom. The van der Waals surface area contributed by atoms with Crippen LogP contribution < -0.4 is 0 Å². The first-order valence-electron chi connectivity index (χ1n) is 12.2. The maximum Gasteiger partial charge on any atom is 0.109 e. The normalized spacial score (nSPS) is 11.0. The van der Waals surface area contributed by atoms with Crippen molar-refractivity contribution in [1.82, 2.24) is 29.1 Å². The van der Waals surface area contributed by atoms with Crippen molar-refractivity contribution in [3.63, 3.8) is 0 Å². The number of ether oxygens (including phenoxy) is 1. The van der Waals surface area contributed by atoms with Gasteiger partial charge in [0.2, 0.25) is 0 Å². The summed E-state index contributed by atoms with van der Waals surface area (Å²) in [4.78, 5) is 17.9. The fourth-order valence-corrected chi connectivity index (χ4v) is 4.53. The zero-order chi connectivity index (χ0) is 24.9. The Bertz CT molecular complexity index is 1710. The van der Waals surface area contributed by atoms with Gasteiger partial charge in [0.15, 0.2) is 0 Å². The van der Waals surface area contributed by atoms with Gasteiger partial charge in [0, 0.05) is 36.7 Å². The average Bonchev–Trinajstić information content (AvgIpc) is 3.56. The molecule has 0 unspecified atom stereocenters. The molecule has 4 heterocycles. The van der Waals surface area contributed by atoms with Crippen LogP contribution in [0, 0.1) is 23.7 Å². The first-order chi connectivity index (χ1) is 18.4. The maximum atomic E-state index is 5.56. The van der Waals surface area contributed by atoms with E-state index in [9.17, 15) is 0 Å². The summed E-state index contributed by atoms with van der Waals surface area (Å²) in [6, 6.07) is 16.3. The van der Waals surface area contributed by atoms with Gasteiger partial charge in [0.1, 0.15) is 24.2 Å².